The largest absolute Gasteiger partial charge is 0.368 e. The SMILES string of the molecule is CCCC1CN(c2cccc3cnccc23)CCN1. The van der Waals surface area contributed by atoms with Crippen molar-refractivity contribution >= 4 is 16.5 Å². The molecule has 1 unspecified atom stereocenters. The molecule has 1 fully saturated rings. The number of benzene rings is 1. The fourth-order valence-corrected chi connectivity index (χ4v) is 2.97. The summed E-state index contributed by atoms with van der Waals surface area (Å²) in [5.74, 6) is 0. The molecule has 3 nitrogen and oxygen atoms in total. The van der Waals surface area contributed by atoms with Crippen LogP contribution in [0, 0.1) is 0 Å². The Kier molecular flexibility index (Phi) is 3.65. The second-order valence-corrected chi connectivity index (χ2v) is 5.26. The summed E-state index contributed by atoms with van der Waals surface area (Å²) in [5, 5.41) is 6.16. The molecule has 3 heteroatoms. The number of hydrogen-bond acceptors (Lipinski definition) is 3. The maximum absolute atomic E-state index is 4.21. The first kappa shape index (κ1) is 12.4. The van der Waals surface area contributed by atoms with E-state index in [2.05, 4.69) is 46.4 Å². The van der Waals surface area contributed by atoms with Crippen LogP contribution in [0.3, 0.4) is 0 Å². The summed E-state index contributed by atoms with van der Waals surface area (Å²) in [5.41, 5.74) is 1.35. The van der Waals surface area contributed by atoms with Crippen LogP contribution < -0.4 is 10.2 Å². The summed E-state index contributed by atoms with van der Waals surface area (Å²) >= 11 is 0. The molecule has 0 amide bonds. The number of fused-ring (bicyclic) bond motifs is 1. The fourth-order valence-electron chi connectivity index (χ4n) is 2.97. The highest BCUT2D eigenvalue weighted by molar-refractivity contribution is 5.93. The van der Waals surface area contributed by atoms with Crippen LogP contribution in [-0.4, -0.2) is 30.7 Å². The molecule has 1 saturated heterocycles. The lowest BCUT2D eigenvalue weighted by atomic mass is 10.1. The van der Waals surface area contributed by atoms with Crippen LogP contribution in [0.15, 0.2) is 36.7 Å². The molecule has 1 aromatic carbocycles. The third-order valence-corrected chi connectivity index (χ3v) is 3.89. The molecule has 0 aliphatic carbocycles. The average Bonchev–Trinajstić information content (AvgIpc) is 2.47. The van der Waals surface area contributed by atoms with Crippen molar-refractivity contribution < 1.29 is 0 Å². The molecule has 3 rings (SSSR count). The Balaban J connectivity index is 1.91. The third kappa shape index (κ3) is 2.56. The highest BCUT2D eigenvalue weighted by Gasteiger charge is 2.19. The zero-order valence-electron chi connectivity index (χ0n) is 11.5. The first-order valence-electron chi connectivity index (χ1n) is 7.19. The van der Waals surface area contributed by atoms with Gasteiger partial charge in [-0.15, -0.1) is 0 Å². The van der Waals surface area contributed by atoms with Crippen molar-refractivity contribution in [3.8, 4) is 0 Å². The van der Waals surface area contributed by atoms with Gasteiger partial charge in [-0.3, -0.25) is 4.98 Å². The van der Waals surface area contributed by atoms with E-state index in [1.165, 1.54) is 29.3 Å². The monoisotopic (exact) mass is 255 g/mol. The second-order valence-electron chi connectivity index (χ2n) is 5.26. The normalized spacial score (nSPS) is 19.8. The quantitative estimate of drug-likeness (QED) is 0.914. The maximum Gasteiger partial charge on any atom is 0.0448 e. The number of anilines is 1. The molecule has 100 valence electrons. The van der Waals surface area contributed by atoms with Crippen LogP contribution in [0.25, 0.3) is 10.8 Å². The summed E-state index contributed by atoms with van der Waals surface area (Å²) in [4.78, 5) is 6.73. The van der Waals surface area contributed by atoms with Gasteiger partial charge >= 0.3 is 0 Å². The summed E-state index contributed by atoms with van der Waals surface area (Å²) < 4.78 is 0. The van der Waals surface area contributed by atoms with Gasteiger partial charge < -0.3 is 10.2 Å². The van der Waals surface area contributed by atoms with Gasteiger partial charge in [0.1, 0.15) is 0 Å². The summed E-state index contributed by atoms with van der Waals surface area (Å²) in [6.07, 6.45) is 6.33. The summed E-state index contributed by atoms with van der Waals surface area (Å²) in [6.45, 7) is 5.52. The Morgan fingerprint density at radius 1 is 1.37 bits per heavy atom. The van der Waals surface area contributed by atoms with Gasteiger partial charge in [0.2, 0.25) is 0 Å². The Morgan fingerprint density at radius 2 is 2.32 bits per heavy atom. The predicted molar refractivity (Wildman–Crippen MR) is 80.7 cm³/mol. The zero-order chi connectivity index (χ0) is 13.1. The summed E-state index contributed by atoms with van der Waals surface area (Å²) in [7, 11) is 0. The Hall–Kier alpha value is -1.61. The number of aromatic nitrogens is 1. The van der Waals surface area contributed by atoms with Crippen molar-refractivity contribution in [3.05, 3.63) is 36.7 Å². The van der Waals surface area contributed by atoms with E-state index in [1.807, 2.05) is 12.4 Å². The highest BCUT2D eigenvalue weighted by Crippen LogP contribution is 2.27. The zero-order valence-corrected chi connectivity index (χ0v) is 11.5. The van der Waals surface area contributed by atoms with Gasteiger partial charge in [0, 0.05) is 54.5 Å². The molecule has 1 atom stereocenters. The van der Waals surface area contributed by atoms with Gasteiger partial charge in [0.15, 0.2) is 0 Å². The van der Waals surface area contributed by atoms with Gasteiger partial charge in [-0.05, 0) is 18.6 Å². The van der Waals surface area contributed by atoms with Gasteiger partial charge in [-0.2, -0.15) is 0 Å². The first-order chi connectivity index (χ1) is 9.38. The lowest BCUT2D eigenvalue weighted by molar-refractivity contribution is 0.431. The van der Waals surface area contributed by atoms with Crippen LogP contribution in [0.1, 0.15) is 19.8 Å². The highest BCUT2D eigenvalue weighted by atomic mass is 15.2. The van der Waals surface area contributed by atoms with Crippen molar-refractivity contribution in [2.24, 2.45) is 0 Å². The minimum atomic E-state index is 0.621. The van der Waals surface area contributed by atoms with E-state index in [1.54, 1.807) is 0 Å². The molecule has 0 radical (unpaired) electrons. The Bertz CT molecular complexity index is 545. The van der Waals surface area contributed by atoms with E-state index in [4.69, 9.17) is 0 Å². The molecule has 2 heterocycles. The van der Waals surface area contributed by atoms with Gasteiger partial charge in [0.05, 0.1) is 0 Å². The van der Waals surface area contributed by atoms with Crippen LogP contribution in [-0.2, 0) is 0 Å². The fraction of sp³-hybridized carbons (Fsp3) is 0.438. The van der Waals surface area contributed by atoms with E-state index in [0.717, 1.165) is 19.6 Å². The van der Waals surface area contributed by atoms with Crippen molar-refractivity contribution in [3.63, 3.8) is 0 Å². The molecular weight excluding hydrogens is 234 g/mol. The maximum atomic E-state index is 4.21. The Morgan fingerprint density at radius 3 is 3.21 bits per heavy atom. The average molecular weight is 255 g/mol. The number of pyridine rings is 1. The van der Waals surface area contributed by atoms with Gasteiger partial charge in [-0.1, -0.05) is 25.5 Å². The molecule has 1 aliphatic rings. The number of piperazine rings is 1. The van der Waals surface area contributed by atoms with Crippen molar-refractivity contribution in [1.29, 1.82) is 0 Å². The lowest BCUT2D eigenvalue weighted by Gasteiger charge is -2.36. The standard InChI is InChI=1S/C16H21N3/c1-2-4-14-12-19(10-9-18-14)16-6-3-5-13-11-17-8-7-15(13)16/h3,5-8,11,14,18H,2,4,9-10,12H2,1H3. The van der Waals surface area contributed by atoms with E-state index in [-0.39, 0.29) is 0 Å². The Labute approximate surface area is 114 Å². The molecular formula is C16H21N3. The minimum absolute atomic E-state index is 0.621. The number of rotatable bonds is 3. The second kappa shape index (κ2) is 5.57. The van der Waals surface area contributed by atoms with E-state index in [0.29, 0.717) is 6.04 Å². The smallest absolute Gasteiger partial charge is 0.0448 e. The number of nitrogens with zero attached hydrogens (tertiary/aromatic N) is 2. The lowest BCUT2D eigenvalue weighted by Crippen LogP contribution is -2.50. The molecule has 0 saturated carbocycles. The molecule has 1 aromatic heterocycles. The molecule has 1 aliphatic heterocycles. The predicted octanol–water partition coefficient (Wildman–Crippen LogP) is 2.81. The van der Waals surface area contributed by atoms with E-state index in [9.17, 15) is 0 Å². The van der Waals surface area contributed by atoms with E-state index < -0.39 is 0 Å². The van der Waals surface area contributed by atoms with E-state index >= 15 is 0 Å². The molecule has 0 bridgehead atoms. The van der Waals surface area contributed by atoms with Crippen LogP contribution in [0.5, 0.6) is 0 Å². The molecule has 19 heavy (non-hydrogen) atoms. The third-order valence-electron chi connectivity index (χ3n) is 3.89. The topological polar surface area (TPSA) is 28.2 Å². The van der Waals surface area contributed by atoms with Crippen LogP contribution in [0.4, 0.5) is 5.69 Å². The molecule has 2 aromatic rings. The molecule has 0 spiro atoms. The number of nitrogens with one attached hydrogen (secondary N) is 1. The van der Waals surface area contributed by atoms with Crippen molar-refractivity contribution in [1.82, 2.24) is 10.3 Å². The van der Waals surface area contributed by atoms with Gasteiger partial charge in [-0.25, -0.2) is 0 Å². The summed E-state index contributed by atoms with van der Waals surface area (Å²) in [6, 6.07) is 9.25. The minimum Gasteiger partial charge on any atom is -0.368 e. The van der Waals surface area contributed by atoms with Crippen LogP contribution in [0.2, 0.25) is 0 Å². The molecule has 1 N–H and O–H groups in total. The van der Waals surface area contributed by atoms with Crippen molar-refractivity contribution in [2.45, 2.75) is 25.8 Å². The first-order valence-corrected chi connectivity index (χ1v) is 7.19. The van der Waals surface area contributed by atoms with Crippen molar-refractivity contribution in [2.75, 3.05) is 24.5 Å². The van der Waals surface area contributed by atoms with Gasteiger partial charge in [0.25, 0.3) is 0 Å². The number of hydrogen-bond donors (Lipinski definition) is 1. The van der Waals surface area contributed by atoms with Crippen LogP contribution >= 0.6 is 0 Å².